The van der Waals surface area contributed by atoms with Crippen LogP contribution in [0.1, 0.15) is 25.5 Å². The van der Waals surface area contributed by atoms with Gasteiger partial charge < -0.3 is 10.1 Å². The molecule has 0 atom stereocenters. The first kappa shape index (κ1) is 21.3. The molecule has 0 unspecified atom stereocenters. The predicted molar refractivity (Wildman–Crippen MR) is 103 cm³/mol. The lowest BCUT2D eigenvalue weighted by molar-refractivity contribution is -0.141. The summed E-state index contributed by atoms with van der Waals surface area (Å²) in [5, 5.41) is 6.83. The van der Waals surface area contributed by atoms with Gasteiger partial charge in [0.1, 0.15) is 0 Å². The zero-order valence-corrected chi connectivity index (χ0v) is 16.7. The van der Waals surface area contributed by atoms with Gasteiger partial charge in [0.15, 0.2) is 12.3 Å². The average Bonchev–Trinajstić information content (AvgIpc) is 3.08. The first-order valence-corrected chi connectivity index (χ1v) is 9.31. The number of aromatic nitrogens is 2. The predicted octanol–water partition coefficient (Wildman–Crippen LogP) is 5.23. The minimum absolute atomic E-state index is 0.179. The Kier molecular flexibility index (Phi) is 6.24. The summed E-state index contributed by atoms with van der Waals surface area (Å²) < 4.78 is 45.6. The highest BCUT2D eigenvalue weighted by Gasteiger charge is 2.36. The third kappa shape index (κ3) is 5.13. The van der Waals surface area contributed by atoms with E-state index in [-0.39, 0.29) is 16.6 Å². The number of rotatable bonds is 5. The third-order valence-corrected chi connectivity index (χ3v) is 4.81. The van der Waals surface area contributed by atoms with Crippen molar-refractivity contribution in [2.45, 2.75) is 25.9 Å². The topological polar surface area (TPSA) is 56.1 Å². The van der Waals surface area contributed by atoms with E-state index in [1.807, 2.05) is 6.92 Å². The summed E-state index contributed by atoms with van der Waals surface area (Å²) in [4.78, 5) is 12.2. The van der Waals surface area contributed by atoms with E-state index >= 15 is 0 Å². The van der Waals surface area contributed by atoms with Crippen LogP contribution in [0.3, 0.4) is 0 Å². The molecule has 0 bridgehead atoms. The van der Waals surface area contributed by atoms with Gasteiger partial charge >= 0.3 is 6.18 Å². The third-order valence-electron chi connectivity index (χ3n) is 4.09. The molecule has 1 heterocycles. The summed E-state index contributed by atoms with van der Waals surface area (Å²) in [5.41, 5.74) is 0.540. The fourth-order valence-electron chi connectivity index (χ4n) is 2.67. The Hall–Kier alpha value is -2.45. The summed E-state index contributed by atoms with van der Waals surface area (Å²) in [6.45, 7) is 1.38. The van der Waals surface area contributed by atoms with E-state index < -0.39 is 24.4 Å². The molecule has 0 aliphatic heterocycles. The SMILES string of the molecule is CC1=CC(NC(=O)COc2cc(C(F)(F)F)nn2-c2ccccc2Cl)=C(Cl)CC1. The van der Waals surface area contributed by atoms with Crippen LogP contribution in [0.15, 0.2) is 52.7 Å². The molecule has 10 heteroatoms. The maximum Gasteiger partial charge on any atom is 0.435 e. The van der Waals surface area contributed by atoms with Crippen molar-refractivity contribution in [1.82, 2.24) is 15.1 Å². The molecule has 0 saturated carbocycles. The lowest BCUT2D eigenvalue weighted by Gasteiger charge is -2.15. The largest absolute Gasteiger partial charge is 0.467 e. The molecule has 5 nitrogen and oxygen atoms in total. The smallest absolute Gasteiger partial charge is 0.435 e. The first-order valence-electron chi connectivity index (χ1n) is 8.56. The number of allylic oxidation sites excluding steroid dienone is 3. The Morgan fingerprint density at radius 3 is 2.69 bits per heavy atom. The number of nitrogens with one attached hydrogen (secondary N) is 1. The van der Waals surface area contributed by atoms with E-state index in [0.717, 1.165) is 16.7 Å². The molecule has 2 aromatic rings. The second-order valence-corrected chi connectivity index (χ2v) is 7.24. The molecule has 0 saturated heterocycles. The van der Waals surface area contributed by atoms with Gasteiger partial charge in [-0.25, -0.2) is 0 Å². The number of para-hydroxylation sites is 1. The van der Waals surface area contributed by atoms with Gasteiger partial charge in [-0.1, -0.05) is 40.9 Å². The van der Waals surface area contributed by atoms with Crippen molar-refractivity contribution < 1.29 is 22.7 Å². The van der Waals surface area contributed by atoms with Gasteiger partial charge in [0.2, 0.25) is 5.88 Å². The molecule has 0 radical (unpaired) electrons. The van der Waals surface area contributed by atoms with E-state index in [4.69, 9.17) is 27.9 Å². The highest BCUT2D eigenvalue weighted by atomic mass is 35.5. The minimum atomic E-state index is -4.68. The van der Waals surface area contributed by atoms with E-state index in [2.05, 4.69) is 10.4 Å². The lowest BCUT2D eigenvalue weighted by atomic mass is 10.0. The van der Waals surface area contributed by atoms with Gasteiger partial charge in [0.05, 0.1) is 16.4 Å². The number of nitrogens with zero attached hydrogens (tertiary/aromatic N) is 2. The Morgan fingerprint density at radius 1 is 1.28 bits per heavy atom. The quantitative estimate of drug-likeness (QED) is 0.685. The summed E-state index contributed by atoms with van der Waals surface area (Å²) in [5.74, 6) is -0.833. The lowest BCUT2D eigenvalue weighted by Crippen LogP contribution is -2.29. The van der Waals surface area contributed by atoms with Crippen molar-refractivity contribution in [3.05, 3.63) is 63.4 Å². The number of hydrogen-bond donors (Lipinski definition) is 1. The van der Waals surface area contributed by atoms with Crippen molar-refractivity contribution in [3.8, 4) is 11.6 Å². The Labute approximate surface area is 174 Å². The van der Waals surface area contributed by atoms with Crippen LogP contribution in [-0.4, -0.2) is 22.3 Å². The highest BCUT2D eigenvalue weighted by molar-refractivity contribution is 6.32. The van der Waals surface area contributed by atoms with Crippen LogP contribution in [0.4, 0.5) is 13.2 Å². The molecule has 0 spiro atoms. The van der Waals surface area contributed by atoms with Gasteiger partial charge in [0.25, 0.3) is 5.91 Å². The zero-order chi connectivity index (χ0) is 21.2. The number of hydrogen-bond acceptors (Lipinski definition) is 3. The van der Waals surface area contributed by atoms with Crippen molar-refractivity contribution in [2.75, 3.05) is 6.61 Å². The average molecular weight is 446 g/mol. The molecule has 1 N–H and O–H groups in total. The fourth-order valence-corrected chi connectivity index (χ4v) is 3.08. The van der Waals surface area contributed by atoms with Crippen molar-refractivity contribution >= 4 is 29.1 Å². The second kappa shape index (κ2) is 8.51. The van der Waals surface area contributed by atoms with Gasteiger partial charge in [-0.15, -0.1) is 0 Å². The highest BCUT2D eigenvalue weighted by Crippen LogP contribution is 2.33. The summed E-state index contributed by atoms with van der Waals surface area (Å²) in [7, 11) is 0. The fraction of sp³-hybridized carbons (Fsp3) is 0.263. The van der Waals surface area contributed by atoms with Gasteiger partial charge in [-0.3, -0.25) is 4.79 Å². The van der Waals surface area contributed by atoms with Crippen LogP contribution in [0.25, 0.3) is 5.69 Å². The van der Waals surface area contributed by atoms with E-state index in [1.54, 1.807) is 18.2 Å². The number of alkyl halides is 3. The van der Waals surface area contributed by atoms with Crippen LogP contribution < -0.4 is 10.1 Å². The standard InChI is InChI=1S/C19H16Cl2F3N3O2/c1-11-6-7-12(20)14(8-11)25-17(28)10-29-18-9-16(19(22,23)24)26-27(18)15-5-3-2-4-13(15)21/h2-5,8-9H,6-7,10H2,1H3,(H,25,28). The molecule has 1 amide bonds. The first-order chi connectivity index (χ1) is 13.6. The Morgan fingerprint density at radius 2 is 2.00 bits per heavy atom. The maximum atomic E-state index is 13.1. The number of carbonyl (C=O) groups is 1. The van der Waals surface area contributed by atoms with Gasteiger partial charge in [-0.2, -0.15) is 23.0 Å². The van der Waals surface area contributed by atoms with Crippen LogP contribution in [0.2, 0.25) is 5.02 Å². The molecular weight excluding hydrogens is 430 g/mol. The molecular formula is C19H16Cl2F3N3O2. The number of amides is 1. The van der Waals surface area contributed by atoms with Gasteiger partial charge in [-0.05, 0) is 38.0 Å². The summed E-state index contributed by atoms with van der Waals surface area (Å²) >= 11 is 12.2. The van der Waals surface area contributed by atoms with E-state index in [9.17, 15) is 18.0 Å². The monoisotopic (exact) mass is 445 g/mol. The van der Waals surface area contributed by atoms with Crippen LogP contribution in [-0.2, 0) is 11.0 Å². The van der Waals surface area contributed by atoms with Crippen LogP contribution in [0, 0.1) is 0 Å². The van der Waals surface area contributed by atoms with Crippen LogP contribution >= 0.6 is 23.2 Å². The molecule has 1 aliphatic carbocycles. The zero-order valence-electron chi connectivity index (χ0n) is 15.2. The van der Waals surface area contributed by atoms with E-state index in [1.165, 1.54) is 12.1 Å². The molecule has 29 heavy (non-hydrogen) atoms. The number of carbonyl (C=O) groups excluding carboxylic acids is 1. The number of benzene rings is 1. The minimum Gasteiger partial charge on any atom is -0.467 e. The molecule has 3 rings (SSSR count). The normalized spacial score (nSPS) is 14.6. The van der Waals surface area contributed by atoms with E-state index in [0.29, 0.717) is 23.2 Å². The van der Waals surface area contributed by atoms with Gasteiger partial charge in [0, 0.05) is 11.1 Å². The number of ether oxygens (including phenoxy) is 1. The van der Waals surface area contributed by atoms with Crippen molar-refractivity contribution in [1.29, 1.82) is 0 Å². The number of halogens is 5. The molecule has 1 aliphatic rings. The van der Waals surface area contributed by atoms with Crippen LogP contribution in [0.5, 0.6) is 5.88 Å². The molecule has 154 valence electrons. The summed E-state index contributed by atoms with van der Waals surface area (Å²) in [6.07, 6.45) is -1.53. The Bertz CT molecular complexity index is 997. The Balaban J connectivity index is 1.81. The summed E-state index contributed by atoms with van der Waals surface area (Å²) in [6, 6.07) is 6.94. The van der Waals surface area contributed by atoms with Crippen molar-refractivity contribution in [2.24, 2.45) is 0 Å². The van der Waals surface area contributed by atoms with Crippen molar-refractivity contribution in [3.63, 3.8) is 0 Å². The second-order valence-electron chi connectivity index (χ2n) is 6.37. The molecule has 1 aromatic carbocycles. The molecule has 0 fully saturated rings. The maximum absolute atomic E-state index is 13.1. The molecule has 1 aromatic heterocycles.